The van der Waals surface area contributed by atoms with Gasteiger partial charge in [-0.15, -0.1) is 0 Å². The van der Waals surface area contributed by atoms with Gasteiger partial charge in [-0.05, 0) is 47.9 Å². The van der Waals surface area contributed by atoms with E-state index in [2.05, 4.69) is 5.32 Å². The number of hydrogen-bond donors (Lipinski definition) is 1. The van der Waals surface area contributed by atoms with Crippen molar-refractivity contribution in [2.75, 3.05) is 5.32 Å². The first-order chi connectivity index (χ1) is 12.9. The van der Waals surface area contributed by atoms with E-state index in [0.29, 0.717) is 10.7 Å². The fourth-order valence-corrected chi connectivity index (χ4v) is 2.94. The second-order valence-electron chi connectivity index (χ2n) is 6.44. The van der Waals surface area contributed by atoms with Crippen LogP contribution in [0.25, 0.3) is 10.8 Å². The van der Waals surface area contributed by atoms with Crippen molar-refractivity contribution >= 4 is 39.9 Å². The molecule has 0 aliphatic carbocycles. The molecule has 0 aliphatic heterocycles. The van der Waals surface area contributed by atoms with Gasteiger partial charge < -0.3 is 10.1 Å². The molecule has 0 unspecified atom stereocenters. The van der Waals surface area contributed by atoms with Crippen LogP contribution in [0.15, 0.2) is 60.7 Å². The Labute approximate surface area is 163 Å². The van der Waals surface area contributed by atoms with Gasteiger partial charge in [-0.3, -0.25) is 9.59 Å². The third-order valence-electron chi connectivity index (χ3n) is 4.30. The number of amides is 1. The zero-order valence-corrected chi connectivity index (χ0v) is 15.9. The largest absolute Gasteiger partial charge is 0.452 e. The quantitative estimate of drug-likeness (QED) is 0.638. The van der Waals surface area contributed by atoms with Crippen LogP contribution in [0.1, 0.15) is 18.1 Å². The number of carbonyl (C=O) groups is 2. The maximum Gasteiger partial charge on any atom is 0.311 e. The lowest BCUT2D eigenvalue weighted by atomic mass is 10.1. The van der Waals surface area contributed by atoms with E-state index in [1.54, 1.807) is 19.1 Å². The summed E-state index contributed by atoms with van der Waals surface area (Å²) in [5.41, 5.74) is 2.32. The molecule has 0 fully saturated rings. The van der Waals surface area contributed by atoms with Crippen molar-refractivity contribution in [3.05, 3.63) is 76.8 Å². The third kappa shape index (κ3) is 4.86. The Balaban J connectivity index is 1.60. The van der Waals surface area contributed by atoms with Gasteiger partial charge >= 0.3 is 5.97 Å². The summed E-state index contributed by atoms with van der Waals surface area (Å²) in [6.45, 7) is 3.41. The monoisotopic (exact) mass is 381 g/mol. The number of nitrogens with one attached hydrogen (secondary N) is 1. The van der Waals surface area contributed by atoms with Crippen LogP contribution >= 0.6 is 11.6 Å². The van der Waals surface area contributed by atoms with Crippen molar-refractivity contribution in [2.24, 2.45) is 0 Å². The molecule has 4 nitrogen and oxygen atoms in total. The summed E-state index contributed by atoms with van der Waals surface area (Å²) < 4.78 is 5.29. The number of anilines is 1. The van der Waals surface area contributed by atoms with Gasteiger partial charge in [0.1, 0.15) is 0 Å². The van der Waals surface area contributed by atoms with E-state index in [1.165, 1.54) is 0 Å². The Hall–Kier alpha value is -2.85. The fourth-order valence-electron chi connectivity index (χ4n) is 2.77. The maximum atomic E-state index is 12.3. The van der Waals surface area contributed by atoms with E-state index in [1.807, 2.05) is 55.5 Å². The minimum Gasteiger partial charge on any atom is -0.452 e. The molecule has 0 heterocycles. The minimum atomic E-state index is -0.906. The number of rotatable bonds is 5. The summed E-state index contributed by atoms with van der Waals surface area (Å²) in [6.07, 6.45) is -0.796. The Kier molecular flexibility index (Phi) is 5.77. The molecule has 0 saturated carbocycles. The highest BCUT2D eigenvalue weighted by Crippen LogP contribution is 2.21. The molecular weight excluding hydrogens is 362 g/mol. The zero-order chi connectivity index (χ0) is 19.4. The first kappa shape index (κ1) is 18.9. The molecular formula is C22H20ClNO3. The van der Waals surface area contributed by atoms with Crippen LogP contribution in [-0.2, 0) is 20.7 Å². The molecule has 5 heteroatoms. The Morgan fingerprint density at radius 3 is 2.56 bits per heavy atom. The predicted molar refractivity (Wildman–Crippen MR) is 108 cm³/mol. The van der Waals surface area contributed by atoms with Crippen molar-refractivity contribution in [1.82, 2.24) is 0 Å². The van der Waals surface area contributed by atoms with Crippen molar-refractivity contribution in [3.8, 4) is 0 Å². The third-order valence-corrected chi connectivity index (χ3v) is 4.53. The molecule has 3 rings (SSSR count). The lowest BCUT2D eigenvalue weighted by Gasteiger charge is -2.15. The molecule has 0 aromatic heterocycles. The van der Waals surface area contributed by atoms with Crippen LogP contribution in [0.5, 0.6) is 0 Å². The standard InChI is InChI=1S/C22H20ClNO3/c1-14-7-10-19(23)13-20(14)24-22(26)15(2)27-21(25)12-16-8-9-17-5-3-4-6-18(17)11-16/h3-11,13,15H,12H2,1-2H3,(H,24,26)/t15-/m1/s1. The van der Waals surface area contributed by atoms with Gasteiger partial charge in [0.25, 0.3) is 5.91 Å². The van der Waals surface area contributed by atoms with Crippen LogP contribution in [0, 0.1) is 6.92 Å². The summed E-state index contributed by atoms with van der Waals surface area (Å²) in [4.78, 5) is 24.5. The molecule has 138 valence electrons. The van der Waals surface area contributed by atoms with Gasteiger partial charge in [-0.1, -0.05) is 60.1 Å². The number of halogens is 1. The lowest BCUT2D eigenvalue weighted by molar-refractivity contribution is -0.152. The smallest absolute Gasteiger partial charge is 0.311 e. The summed E-state index contributed by atoms with van der Waals surface area (Å²) in [7, 11) is 0. The van der Waals surface area contributed by atoms with Gasteiger partial charge in [0, 0.05) is 10.7 Å². The van der Waals surface area contributed by atoms with Gasteiger partial charge in [-0.2, -0.15) is 0 Å². The highest BCUT2D eigenvalue weighted by atomic mass is 35.5. The molecule has 0 saturated heterocycles. The Morgan fingerprint density at radius 1 is 1.04 bits per heavy atom. The van der Waals surface area contributed by atoms with Crippen LogP contribution in [-0.4, -0.2) is 18.0 Å². The summed E-state index contributed by atoms with van der Waals surface area (Å²) >= 11 is 5.96. The number of esters is 1. The highest BCUT2D eigenvalue weighted by Gasteiger charge is 2.19. The number of benzene rings is 3. The molecule has 1 amide bonds. The lowest BCUT2D eigenvalue weighted by Crippen LogP contribution is -2.30. The fraction of sp³-hybridized carbons (Fsp3) is 0.182. The Bertz CT molecular complexity index is 1000. The summed E-state index contributed by atoms with van der Waals surface area (Å²) in [6, 6.07) is 19.0. The van der Waals surface area contributed by atoms with Gasteiger partial charge in [-0.25, -0.2) is 0 Å². The first-order valence-corrected chi connectivity index (χ1v) is 9.04. The van der Waals surface area contributed by atoms with E-state index in [-0.39, 0.29) is 6.42 Å². The van der Waals surface area contributed by atoms with Crippen molar-refractivity contribution in [2.45, 2.75) is 26.4 Å². The summed E-state index contributed by atoms with van der Waals surface area (Å²) in [5.74, 6) is -0.844. The molecule has 3 aromatic rings. The highest BCUT2D eigenvalue weighted by molar-refractivity contribution is 6.31. The van der Waals surface area contributed by atoms with E-state index in [9.17, 15) is 9.59 Å². The topological polar surface area (TPSA) is 55.4 Å². The maximum absolute atomic E-state index is 12.3. The molecule has 27 heavy (non-hydrogen) atoms. The van der Waals surface area contributed by atoms with Crippen LogP contribution in [0.2, 0.25) is 5.02 Å². The number of carbonyl (C=O) groups excluding carboxylic acids is 2. The minimum absolute atomic E-state index is 0.110. The normalized spacial score (nSPS) is 11.8. The predicted octanol–water partition coefficient (Wildman–Crippen LogP) is 4.91. The van der Waals surface area contributed by atoms with E-state index in [4.69, 9.17) is 16.3 Å². The van der Waals surface area contributed by atoms with E-state index < -0.39 is 18.0 Å². The van der Waals surface area contributed by atoms with E-state index in [0.717, 1.165) is 21.9 Å². The van der Waals surface area contributed by atoms with Crippen molar-refractivity contribution in [3.63, 3.8) is 0 Å². The summed E-state index contributed by atoms with van der Waals surface area (Å²) in [5, 5.41) is 5.44. The van der Waals surface area contributed by atoms with E-state index >= 15 is 0 Å². The molecule has 0 aliphatic rings. The molecule has 3 aromatic carbocycles. The van der Waals surface area contributed by atoms with Gasteiger partial charge in [0.05, 0.1) is 6.42 Å². The second kappa shape index (κ2) is 8.23. The van der Waals surface area contributed by atoms with Gasteiger partial charge in [0.15, 0.2) is 6.10 Å². The zero-order valence-electron chi connectivity index (χ0n) is 15.2. The average molecular weight is 382 g/mol. The van der Waals surface area contributed by atoms with Crippen LogP contribution in [0.3, 0.4) is 0 Å². The number of fused-ring (bicyclic) bond motifs is 1. The average Bonchev–Trinajstić information content (AvgIpc) is 2.64. The molecule has 1 atom stereocenters. The molecule has 0 radical (unpaired) electrons. The Morgan fingerprint density at radius 2 is 1.78 bits per heavy atom. The number of ether oxygens (including phenoxy) is 1. The molecule has 0 bridgehead atoms. The van der Waals surface area contributed by atoms with Gasteiger partial charge in [0.2, 0.25) is 0 Å². The number of hydrogen-bond acceptors (Lipinski definition) is 3. The van der Waals surface area contributed by atoms with Crippen molar-refractivity contribution < 1.29 is 14.3 Å². The first-order valence-electron chi connectivity index (χ1n) is 8.66. The molecule has 1 N–H and O–H groups in total. The SMILES string of the molecule is Cc1ccc(Cl)cc1NC(=O)[C@@H](C)OC(=O)Cc1ccc2ccccc2c1. The second-order valence-corrected chi connectivity index (χ2v) is 6.88. The molecule has 0 spiro atoms. The van der Waals surface area contributed by atoms with Crippen molar-refractivity contribution in [1.29, 1.82) is 0 Å². The van der Waals surface area contributed by atoms with Crippen LogP contribution in [0.4, 0.5) is 5.69 Å². The van der Waals surface area contributed by atoms with Crippen LogP contribution < -0.4 is 5.32 Å². The number of aryl methyl sites for hydroxylation is 1.